The van der Waals surface area contributed by atoms with E-state index in [1.165, 1.54) is 18.2 Å². The Hall–Kier alpha value is -3.86. The molecule has 28 heavy (non-hydrogen) atoms. The summed E-state index contributed by atoms with van der Waals surface area (Å²) in [4.78, 5) is 17.9. The van der Waals surface area contributed by atoms with Crippen LogP contribution in [-0.4, -0.2) is 34.3 Å². The molecule has 2 aromatic carbocycles. The fourth-order valence-electron chi connectivity index (χ4n) is 2.57. The molecule has 0 aliphatic heterocycles. The highest BCUT2D eigenvalue weighted by Gasteiger charge is 2.11. The molecule has 0 atom stereocenters. The number of carboxylic acid groups (broad SMARTS) is 1. The Labute approximate surface area is 159 Å². The standard InChI is InChI=1S/C20H16FN3O4/c1-2-27-18-8-12(3-6-17(18)28-11-19(25)26)7-13(10-22)20-23-15-5-4-14(21)9-16(15)24-20/h3-9H,2,11H2,1H3,(H,23,24)(H,25,26)/b13-7-. The zero-order valence-corrected chi connectivity index (χ0v) is 14.9. The quantitative estimate of drug-likeness (QED) is 0.605. The van der Waals surface area contributed by atoms with E-state index >= 15 is 0 Å². The summed E-state index contributed by atoms with van der Waals surface area (Å²) in [6.45, 7) is 1.66. The fraction of sp³-hybridized carbons (Fsp3) is 0.150. The molecule has 0 radical (unpaired) electrons. The number of benzene rings is 2. The van der Waals surface area contributed by atoms with E-state index in [1.54, 1.807) is 31.2 Å². The van der Waals surface area contributed by atoms with Gasteiger partial charge in [-0.1, -0.05) is 6.07 Å². The Bertz CT molecular complexity index is 1100. The largest absolute Gasteiger partial charge is 0.490 e. The molecule has 2 N–H and O–H groups in total. The number of rotatable bonds is 7. The molecule has 0 saturated heterocycles. The summed E-state index contributed by atoms with van der Waals surface area (Å²) in [5, 5.41) is 18.3. The highest BCUT2D eigenvalue weighted by atomic mass is 19.1. The van der Waals surface area contributed by atoms with Gasteiger partial charge in [0.05, 0.1) is 23.2 Å². The number of nitrogens with zero attached hydrogens (tertiary/aromatic N) is 2. The van der Waals surface area contributed by atoms with Crippen LogP contribution < -0.4 is 9.47 Å². The molecule has 1 heterocycles. The number of hydrogen-bond donors (Lipinski definition) is 2. The average Bonchev–Trinajstić information content (AvgIpc) is 3.08. The molecule has 0 unspecified atom stereocenters. The van der Waals surface area contributed by atoms with Crippen molar-refractivity contribution >= 4 is 28.7 Å². The van der Waals surface area contributed by atoms with Gasteiger partial charge in [-0.2, -0.15) is 5.26 Å². The summed E-state index contributed by atoms with van der Waals surface area (Å²) < 4.78 is 24.1. The van der Waals surface area contributed by atoms with Crippen molar-refractivity contribution in [1.82, 2.24) is 9.97 Å². The van der Waals surface area contributed by atoms with Gasteiger partial charge >= 0.3 is 5.97 Å². The van der Waals surface area contributed by atoms with Crippen molar-refractivity contribution in [3.8, 4) is 17.6 Å². The van der Waals surface area contributed by atoms with E-state index in [4.69, 9.17) is 14.6 Å². The molecule has 1 aromatic heterocycles. The first-order chi connectivity index (χ1) is 13.5. The third kappa shape index (κ3) is 4.27. The van der Waals surface area contributed by atoms with E-state index in [0.717, 1.165) is 0 Å². The van der Waals surface area contributed by atoms with Gasteiger partial charge in [-0.25, -0.2) is 14.2 Å². The third-order valence-electron chi connectivity index (χ3n) is 3.75. The van der Waals surface area contributed by atoms with Gasteiger partial charge in [0.15, 0.2) is 18.1 Å². The second-order valence-electron chi connectivity index (χ2n) is 5.74. The van der Waals surface area contributed by atoms with Gasteiger partial charge < -0.3 is 19.6 Å². The monoisotopic (exact) mass is 381 g/mol. The lowest BCUT2D eigenvalue weighted by molar-refractivity contribution is -0.139. The van der Waals surface area contributed by atoms with Crippen LogP contribution in [0.4, 0.5) is 4.39 Å². The van der Waals surface area contributed by atoms with Gasteiger partial charge in [0.25, 0.3) is 0 Å². The number of aliphatic carboxylic acids is 1. The van der Waals surface area contributed by atoms with Gasteiger partial charge in [0.1, 0.15) is 17.7 Å². The van der Waals surface area contributed by atoms with Crippen LogP contribution in [0.15, 0.2) is 36.4 Å². The Morgan fingerprint density at radius 3 is 2.82 bits per heavy atom. The number of fused-ring (bicyclic) bond motifs is 1. The number of aromatic amines is 1. The molecule has 142 valence electrons. The maximum atomic E-state index is 13.4. The number of allylic oxidation sites excluding steroid dienone is 1. The van der Waals surface area contributed by atoms with E-state index in [-0.39, 0.29) is 5.57 Å². The van der Waals surface area contributed by atoms with Crippen molar-refractivity contribution < 1.29 is 23.8 Å². The Morgan fingerprint density at radius 2 is 2.11 bits per heavy atom. The Morgan fingerprint density at radius 1 is 1.29 bits per heavy atom. The predicted octanol–water partition coefficient (Wildman–Crippen LogP) is 3.63. The van der Waals surface area contributed by atoms with Crippen LogP contribution >= 0.6 is 0 Å². The smallest absolute Gasteiger partial charge is 0.341 e. The number of nitrogens with one attached hydrogen (secondary N) is 1. The molecule has 3 rings (SSSR count). The molecule has 0 amide bonds. The number of ether oxygens (including phenoxy) is 2. The summed E-state index contributed by atoms with van der Waals surface area (Å²) in [5.41, 5.74) is 1.92. The highest BCUT2D eigenvalue weighted by molar-refractivity contribution is 5.90. The minimum absolute atomic E-state index is 0.248. The lowest BCUT2D eigenvalue weighted by Crippen LogP contribution is -2.10. The second kappa shape index (κ2) is 8.22. The molecule has 3 aromatic rings. The summed E-state index contributed by atoms with van der Waals surface area (Å²) in [6, 6.07) is 11.1. The van der Waals surface area contributed by atoms with Crippen LogP contribution in [-0.2, 0) is 4.79 Å². The normalized spacial score (nSPS) is 11.2. The average molecular weight is 381 g/mol. The van der Waals surface area contributed by atoms with E-state index in [0.29, 0.717) is 40.5 Å². The lowest BCUT2D eigenvalue weighted by Gasteiger charge is -2.11. The van der Waals surface area contributed by atoms with Crippen LogP contribution in [0.1, 0.15) is 18.3 Å². The Kier molecular flexibility index (Phi) is 5.56. The van der Waals surface area contributed by atoms with E-state index in [2.05, 4.69) is 16.0 Å². The molecular weight excluding hydrogens is 365 g/mol. The van der Waals surface area contributed by atoms with Crippen LogP contribution in [0.2, 0.25) is 0 Å². The highest BCUT2D eigenvalue weighted by Crippen LogP contribution is 2.30. The molecule has 0 saturated carbocycles. The number of carbonyl (C=O) groups is 1. The van der Waals surface area contributed by atoms with Gasteiger partial charge in [0.2, 0.25) is 0 Å². The minimum atomic E-state index is -1.10. The molecule has 0 aliphatic rings. The van der Waals surface area contributed by atoms with Gasteiger partial charge in [-0.15, -0.1) is 0 Å². The zero-order valence-electron chi connectivity index (χ0n) is 14.9. The SMILES string of the molecule is CCOc1cc(/C=C(/C#N)c2nc3ccc(F)cc3[nH]2)ccc1OCC(=O)O. The minimum Gasteiger partial charge on any atom is -0.490 e. The molecule has 0 aliphatic carbocycles. The van der Waals surface area contributed by atoms with Crippen LogP contribution in [0, 0.1) is 17.1 Å². The molecule has 0 fully saturated rings. The molecule has 0 bridgehead atoms. The van der Waals surface area contributed by atoms with Gasteiger partial charge in [-0.3, -0.25) is 0 Å². The molecule has 7 nitrogen and oxygen atoms in total. The number of carboxylic acids is 1. The van der Waals surface area contributed by atoms with E-state index in [9.17, 15) is 14.4 Å². The van der Waals surface area contributed by atoms with Crippen molar-refractivity contribution in [3.63, 3.8) is 0 Å². The lowest BCUT2D eigenvalue weighted by atomic mass is 10.1. The number of aromatic nitrogens is 2. The van der Waals surface area contributed by atoms with Gasteiger partial charge in [0, 0.05) is 0 Å². The van der Waals surface area contributed by atoms with E-state index < -0.39 is 18.4 Å². The van der Waals surface area contributed by atoms with Crippen molar-refractivity contribution in [2.75, 3.05) is 13.2 Å². The maximum Gasteiger partial charge on any atom is 0.341 e. The van der Waals surface area contributed by atoms with Crippen LogP contribution in [0.5, 0.6) is 11.5 Å². The van der Waals surface area contributed by atoms with Crippen molar-refractivity contribution in [1.29, 1.82) is 5.26 Å². The molecular formula is C20H16FN3O4. The maximum absolute atomic E-state index is 13.4. The first-order valence-corrected chi connectivity index (χ1v) is 8.39. The first-order valence-electron chi connectivity index (χ1n) is 8.39. The predicted molar refractivity (Wildman–Crippen MR) is 100 cm³/mol. The Balaban J connectivity index is 1.95. The topological polar surface area (TPSA) is 108 Å². The van der Waals surface area contributed by atoms with E-state index in [1.807, 2.05) is 0 Å². The molecule has 0 spiro atoms. The number of imidazole rings is 1. The second-order valence-corrected chi connectivity index (χ2v) is 5.74. The number of nitriles is 1. The number of halogens is 1. The summed E-state index contributed by atoms with van der Waals surface area (Å²) in [6.07, 6.45) is 1.59. The summed E-state index contributed by atoms with van der Waals surface area (Å²) >= 11 is 0. The molecule has 8 heteroatoms. The van der Waals surface area contributed by atoms with Crippen molar-refractivity contribution in [2.45, 2.75) is 6.92 Å². The van der Waals surface area contributed by atoms with Crippen molar-refractivity contribution in [3.05, 3.63) is 53.6 Å². The third-order valence-corrected chi connectivity index (χ3v) is 3.75. The summed E-state index contributed by atoms with van der Waals surface area (Å²) in [7, 11) is 0. The van der Waals surface area contributed by atoms with Crippen LogP contribution in [0.3, 0.4) is 0 Å². The number of hydrogen-bond acceptors (Lipinski definition) is 5. The van der Waals surface area contributed by atoms with Gasteiger partial charge in [-0.05, 0) is 48.9 Å². The van der Waals surface area contributed by atoms with Crippen LogP contribution in [0.25, 0.3) is 22.7 Å². The first kappa shape index (κ1) is 18.9. The fourth-order valence-corrected chi connectivity index (χ4v) is 2.57. The van der Waals surface area contributed by atoms with Crippen molar-refractivity contribution in [2.24, 2.45) is 0 Å². The zero-order chi connectivity index (χ0) is 20.1. The summed E-state index contributed by atoms with van der Waals surface area (Å²) in [5.74, 6) is -0.532. The number of H-pyrrole nitrogens is 1.